The summed E-state index contributed by atoms with van der Waals surface area (Å²) >= 11 is 0. The van der Waals surface area contributed by atoms with Crippen molar-refractivity contribution in [1.29, 1.82) is 0 Å². The van der Waals surface area contributed by atoms with Crippen molar-refractivity contribution in [3.05, 3.63) is 55.0 Å². The van der Waals surface area contributed by atoms with Crippen LogP contribution in [-0.4, -0.2) is 51.2 Å². The molecule has 3 aromatic heterocycles. The van der Waals surface area contributed by atoms with Gasteiger partial charge >= 0.3 is 0 Å². The van der Waals surface area contributed by atoms with Gasteiger partial charge in [-0.05, 0) is 24.3 Å². The minimum atomic E-state index is 0.213. The Bertz CT molecular complexity index is 1160. The Morgan fingerprint density at radius 2 is 1.77 bits per heavy atom. The molecule has 4 aromatic rings. The van der Waals surface area contributed by atoms with Crippen LogP contribution in [0.25, 0.3) is 22.3 Å². The van der Waals surface area contributed by atoms with Gasteiger partial charge in [-0.2, -0.15) is 0 Å². The summed E-state index contributed by atoms with van der Waals surface area (Å²) in [5.74, 6) is 2.36. The lowest BCUT2D eigenvalue weighted by atomic mass is 10.1. The van der Waals surface area contributed by atoms with Gasteiger partial charge in [-0.1, -0.05) is 12.1 Å². The molecule has 0 atom stereocenters. The second kappa shape index (κ2) is 7.88. The van der Waals surface area contributed by atoms with Gasteiger partial charge in [0.05, 0.1) is 30.0 Å². The van der Waals surface area contributed by atoms with Crippen LogP contribution in [-0.2, 0) is 4.74 Å². The SMILES string of the molecule is Nc1ncc(-c2nc(N3CCOCC3)c3cccc(Nc4ccccn4)c3n2)cn1. The zero-order valence-corrected chi connectivity index (χ0v) is 16.2. The standard InChI is InChI=1S/C21H20N8O/c22-21-24-12-14(13-25-21)19-27-18-15(20(28-19)29-8-10-30-11-9-29)4-3-5-16(18)26-17-6-1-2-7-23-17/h1-7,12-13H,8-11H2,(H,23,26)(H2,22,24,25). The Morgan fingerprint density at radius 3 is 2.53 bits per heavy atom. The Balaban J connectivity index is 1.68. The van der Waals surface area contributed by atoms with Gasteiger partial charge in [0, 0.05) is 37.1 Å². The first-order valence-corrected chi connectivity index (χ1v) is 9.67. The third-order valence-corrected chi connectivity index (χ3v) is 4.87. The summed E-state index contributed by atoms with van der Waals surface area (Å²) in [6, 6.07) is 11.7. The van der Waals surface area contributed by atoms with Crippen molar-refractivity contribution in [3.63, 3.8) is 0 Å². The minimum Gasteiger partial charge on any atom is -0.378 e. The number of nitrogens with zero attached hydrogens (tertiary/aromatic N) is 6. The molecule has 150 valence electrons. The van der Waals surface area contributed by atoms with E-state index in [0.717, 1.165) is 41.3 Å². The lowest BCUT2D eigenvalue weighted by molar-refractivity contribution is 0.122. The van der Waals surface area contributed by atoms with Crippen molar-refractivity contribution in [2.75, 3.05) is 42.3 Å². The fourth-order valence-electron chi connectivity index (χ4n) is 3.41. The van der Waals surface area contributed by atoms with Crippen LogP contribution in [0.3, 0.4) is 0 Å². The number of ether oxygens (including phenoxy) is 1. The summed E-state index contributed by atoms with van der Waals surface area (Å²) in [6.07, 6.45) is 5.03. The molecule has 0 spiro atoms. The van der Waals surface area contributed by atoms with Crippen molar-refractivity contribution in [1.82, 2.24) is 24.9 Å². The maximum absolute atomic E-state index is 5.65. The number of benzene rings is 1. The first kappa shape index (κ1) is 18.2. The average Bonchev–Trinajstić information content (AvgIpc) is 2.80. The smallest absolute Gasteiger partial charge is 0.219 e. The molecule has 4 heterocycles. The highest BCUT2D eigenvalue weighted by Crippen LogP contribution is 2.32. The van der Waals surface area contributed by atoms with Gasteiger partial charge < -0.3 is 20.7 Å². The van der Waals surface area contributed by atoms with Gasteiger partial charge in [0.25, 0.3) is 0 Å². The molecule has 1 fully saturated rings. The number of nitrogen functional groups attached to an aromatic ring is 1. The third-order valence-electron chi connectivity index (χ3n) is 4.87. The predicted molar refractivity (Wildman–Crippen MR) is 116 cm³/mol. The van der Waals surface area contributed by atoms with Crippen molar-refractivity contribution < 1.29 is 4.74 Å². The number of aromatic nitrogens is 5. The minimum absolute atomic E-state index is 0.213. The Labute approximate surface area is 173 Å². The van der Waals surface area contributed by atoms with E-state index in [4.69, 9.17) is 20.4 Å². The lowest BCUT2D eigenvalue weighted by Crippen LogP contribution is -2.37. The number of morpholine rings is 1. The first-order valence-electron chi connectivity index (χ1n) is 9.67. The van der Waals surface area contributed by atoms with Crippen LogP contribution in [0.2, 0.25) is 0 Å². The molecule has 0 radical (unpaired) electrons. The molecular weight excluding hydrogens is 380 g/mol. The number of anilines is 4. The highest BCUT2D eigenvalue weighted by Gasteiger charge is 2.19. The molecule has 0 unspecified atom stereocenters. The molecule has 1 aliphatic heterocycles. The summed E-state index contributed by atoms with van der Waals surface area (Å²) in [5.41, 5.74) is 8.00. The van der Waals surface area contributed by atoms with E-state index in [1.807, 2.05) is 36.4 Å². The van der Waals surface area contributed by atoms with E-state index < -0.39 is 0 Å². The number of nitrogens with one attached hydrogen (secondary N) is 1. The maximum atomic E-state index is 5.65. The fraction of sp³-hybridized carbons (Fsp3) is 0.190. The number of pyridine rings is 1. The van der Waals surface area contributed by atoms with E-state index in [9.17, 15) is 0 Å². The van der Waals surface area contributed by atoms with E-state index in [-0.39, 0.29) is 5.95 Å². The second-order valence-electron chi connectivity index (χ2n) is 6.84. The van der Waals surface area contributed by atoms with Gasteiger partial charge in [0.15, 0.2) is 5.82 Å². The van der Waals surface area contributed by atoms with E-state index in [0.29, 0.717) is 24.6 Å². The van der Waals surface area contributed by atoms with Crippen LogP contribution < -0.4 is 16.0 Å². The summed E-state index contributed by atoms with van der Waals surface area (Å²) in [4.78, 5) is 24.5. The number of rotatable bonds is 4. The molecule has 9 heteroatoms. The van der Waals surface area contributed by atoms with E-state index in [1.54, 1.807) is 18.6 Å². The zero-order chi connectivity index (χ0) is 20.3. The maximum Gasteiger partial charge on any atom is 0.219 e. The van der Waals surface area contributed by atoms with Crippen LogP contribution in [0.4, 0.5) is 23.3 Å². The Kier molecular flexibility index (Phi) is 4.78. The van der Waals surface area contributed by atoms with E-state index in [2.05, 4.69) is 25.2 Å². The summed E-state index contributed by atoms with van der Waals surface area (Å²) in [7, 11) is 0. The summed E-state index contributed by atoms with van der Waals surface area (Å²) < 4.78 is 5.52. The molecule has 30 heavy (non-hydrogen) atoms. The Morgan fingerprint density at radius 1 is 0.933 bits per heavy atom. The molecule has 5 rings (SSSR count). The average molecular weight is 400 g/mol. The number of para-hydroxylation sites is 1. The Hall–Kier alpha value is -3.85. The largest absolute Gasteiger partial charge is 0.378 e. The highest BCUT2D eigenvalue weighted by atomic mass is 16.5. The summed E-state index contributed by atoms with van der Waals surface area (Å²) in [5, 5.41) is 4.33. The molecular formula is C21H20N8O. The van der Waals surface area contributed by atoms with Gasteiger partial charge in [0.2, 0.25) is 5.95 Å². The van der Waals surface area contributed by atoms with E-state index >= 15 is 0 Å². The molecule has 1 aromatic carbocycles. The first-order chi connectivity index (χ1) is 14.8. The van der Waals surface area contributed by atoms with Gasteiger partial charge in [-0.25, -0.2) is 24.9 Å². The predicted octanol–water partition coefficient (Wildman–Crippen LogP) is 2.64. The molecule has 1 aliphatic rings. The van der Waals surface area contributed by atoms with Crippen LogP contribution in [0, 0.1) is 0 Å². The molecule has 9 nitrogen and oxygen atoms in total. The molecule has 0 aliphatic carbocycles. The van der Waals surface area contributed by atoms with Gasteiger partial charge in [0.1, 0.15) is 11.6 Å². The van der Waals surface area contributed by atoms with E-state index in [1.165, 1.54) is 0 Å². The van der Waals surface area contributed by atoms with Crippen LogP contribution >= 0.6 is 0 Å². The number of hydrogen-bond donors (Lipinski definition) is 2. The zero-order valence-electron chi connectivity index (χ0n) is 16.2. The monoisotopic (exact) mass is 400 g/mol. The van der Waals surface area contributed by atoms with Gasteiger partial charge in [-0.3, -0.25) is 0 Å². The third kappa shape index (κ3) is 3.58. The molecule has 0 amide bonds. The number of nitrogens with two attached hydrogens (primary N) is 1. The molecule has 3 N–H and O–H groups in total. The number of hydrogen-bond acceptors (Lipinski definition) is 9. The molecule has 1 saturated heterocycles. The molecule has 0 saturated carbocycles. The van der Waals surface area contributed by atoms with Crippen molar-refractivity contribution >= 4 is 34.2 Å². The number of fused-ring (bicyclic) bond motifs is 1. The molecule has 0 bridgehead atoms. The van der Waals surface area contributed by atoms with Crippen LogP contribution in [0.15, 0.2) is 55.0 Å². The fourth-order valence-corrected chi connectivity index (χ4v) is 3.41. The quantitative estimate of drug-likeness (QED) is 0.533. The van der Waals surface area contributed by atoms with Crippen molar-refractivity contribution in [2.45, 2.75) is 0 Å². The van der Waals surface area contributed by atoms with Crippen LogP contribution in [0.5, 0.6) is 0 Å². The highest BCUT2D eigenvalue weighted by molar-refractivity contribution is 5.99. The van der Waals surface area contributed by atoms with Crippen LogP contribution in [0.1, 0.15) is 0 Å². The normalized spacial score (nSPS) is 14.1. The summed E-state index contributed by atoms with van der Waals surface area (Å²) in [6.45, 7) is 2.86. The topological polar surface area (TPSA) is 115 Å². The van der Waals surface area contributed by atoms with Gasteiger partial charge in [-0.15, -0.1) is 0 Å². The second-order valence-corrected chi connectivity index (χ2v) is 6.84. The lowest BCUT2D eigenvalue weighted by Gasteiger charge is -2.29. The van der Waals surface area contributed by atoms with Crippen molar-refractivity contribution in [2.24, 2.45) is 0 Å². The van der Waals surface area contributed by atoms with Crippen molar-refractivity contribution in [3.8, 4) is 11.4 Å².